The van der Waals surface area contributed by atoms with Crippen LogP contribution in [0.15, 0.2) is 41.4 Å². The number of nitrogens with zero attached hydrogens (tertiary/aromatic N) is 3. The van der Waals surface area contributed by atoms with E-state index in [9.17, 15) is 31.1 Å². The van der Waals surface area contributed by atoms with E-state index >= 15 is 0 Å². The number of carbonyl (C=O) groups excluding carboxylic acids is 1. The number of amides is 1. The number of pyridine rings is 1. The molecule has 9 nitrogen and oxygen atoms in total. The average Bonchev–Trinajstić information content (AvgIpc) is 3.40. The monoisotopic (exact) mass is 585 g/mol. The molecule has 216 valence electrons. The smallest absolute Gasteiger partial charge is 0.475 e. The van der Waals surface area contributed by atoms with Crippen LogP contribution in [-0.2, 0) is 20.9 Å². The van der Waals surface area contributed by atoms with Gasteiger partial charge >= 0.3 is 24.3 Å². The number of ether oxygens (including phenoxy) is 1. The highest BCUT2D eigenvalue weighted by atomic mass is 32.1. The van der Waals surface area contributed by atoms with Crippen LogP contribution in [-0.4, -0.2) is 93.6 Å². The fraction of sp³-hybridized carbons (Fsp3) is 0.478. The molecule has 4 rings (SSSR count). The first-order chi connectivity index (χ1) is 18.1. The van der Waals surface area contributed by atoms with Crippen molar-refractivity contribution in [2.24, 2.45) is 0 Å². The number of aromatic nitrogens is 1. The maximum Gasteiger partial charge on any atom is 0.490 e. The zero-order valence-corrected chi connectivity index (χ0v) is 21.1. The molecule has 0 aromatic carbocycles. The largest absolute Gasteiger partial charge is 0.490 e. The number of hydrogen-bond acceptors (Lipinski definition) is 7. The Kier molecular flexibility index (Phi) is 11.2. The first kappa shape index (κ1) is 32.0. The molecule has 0 atom stereocenters. The predicted molar refractivity (Wildman–Crippen MR) is 125 cm³/mol. The lowest BCUT2D eigenvalue weighted by Crippen LogP contribution is -2.57. The van der Waals surface area contributed by atoms with Crippen molar-refractivity contribution in [1.82, 2.24) is 14.8 Å². The summed E-state index contributed by atoms with van der Waals surface area (Å²) in [7, 11) is 0. The normalized spacial score (nSPS) is 17.3. The lowest BCUT2D eigenvalue weighted by Gasteiger charge is -2.47. The molecule has 1 amide bonds. The lowest BCUT2D eigenvalue weighted by molar-refractivity contribution is -0.193. The van der Waals surface area contributed by atoms with Crippen molar-refractivity contribution in [2.75, 3.05) is 32.8 Å². The summed E-state index contributed by atoms with van der Waals surface area (Å²) < 4.78 is 69.7. The van der Waals surface area contributed by atoms with Gasteiger partial charge in [0.25, 0.3) is 5.91 Å². The number of morpholine rings is 1. The molecule has 39 heavy (non-hydrogen) atoms. The second-order valence-corrected chi connectivity index (χ2v) is 9.29. The molecule has 0 saturated carbocycles. The Balaban J connectivity index is 0.000000317. The van der Waals surface area contributed by atoms with E-state index in [0.717, 1.165) is 57.7 Å². The number of hydrogen-bond donors (Lipinski definition) is 2. The highest BCUT2D eigenvalue weighted by Crippen LogP contribution is 2.31. The van der Waals surface area contributed by atoms with Crippen LogP contribution in [0.25, 0.3) is 0 Å². The van der Waals surface area contributed by atoms with Crippen LogP contribution in [0, 0.1) is 0 Å². The van der Waals surface area contributed by atoms with Crippen molar-refractivity contribution >= 4 is 29.2 Å². The Hall–Kier alpha value is -3.24. The quantitative estimate of drug-likeness (QED) is 0.521. The number of carboxylic acid groups (broad SMARTS) is 2. The standard InChI is InChI=1S/C19H23N3O2S.2C2HF3O2/c23-18(17-3-11-25-14-17)22-7-4-19(5-8-22)15-21(9-10-24-19)13-16-2-1-6-20-12-16;2*3-2(4,5)1(6)7/h1-3,6,11-12,14H,4-5,7-10,13,15H2;2*(H,6,7). The van der Waals surface area contributed by atoms with E-state index in [-0.39, 0.29) is 11.5 Å². The van der Waals surface area contributed by atoms with E-state index < -0.39 is 24.3 Å². The van der Waals surface area contributed by atoms with Gasteiger partial charge in [-0.3, -0.25) is 14.7 Å². The summed E-state index contributed by atoms with van der Waals surface area (Å²) in [4.78, 5) is 38.9. The summed E-state index contributed by atoms with van der Waals surface area (Å²) in [5.74, 6) is -5.36. The first-order valence-electron chi connectivity index (χ1n) is 11.3. The number of alkyl halides is 6. The molecule has 2 N–H and O–H groups in total. The van der Waals surface area contributed by atoms with Crippen LogP contribution in [0.4, 0.5) is 26.3 Å². The molecule has 0 radical (unpaired) electrons. The van der Waals surface area contributed by atoms with Gasteiger partial charge in [0, 0.05) is 50.5 Å². The minimum atomic E-state index is -5.08. The molecule has 2 aromatic rings. The molecule has 2 fully saturated rings. The third-order valence-electron chi connectivity index (χ3n) is 5.67. The van der Waals surface area contributed by atoms with Gasteiger partial charge in [-0.15, -0.1) is 0 Å². The Labute approximate surface area is 222 Å². The minimum Gasteiger partial charge on any atom is -0.475 e. The van der Waals surface area contributed by atoms with E-state index in [1.165, 1.54) is 5.56 Å². The van der Waals surface area contributed by atoms with Gasteiger partial charge in [0.05, 0.1) is 17.8 Å². The molecule has 1 spiro atoms. The molecule has 16 heteroatoms. The topological polar surface area (TPSA) is 120 Å². The number of carbonyl (C=O) groups is 3. The molecule has 0 aliphatic carbocycles. The van der Waals surface area contributed by atoms with Gasteiger partial charge in [0.1, 0.15) is 0 Å². The highest BCUT2D eigenvalue weighted by molar-refractivity contribution is 7.08. The van der Waals surface area contributed by atoms with Gasteiger partial charge in [0.15, 0.2) is 0 Å². The Morgan fingerprint density at radius 3 is 2.05 bits per heavy atom. The number of piperidine rings is 1. The Morgan fingerprint density at radius 2 is 1.59 bits per heavy atom. The van der Waals surface area contributed by atoms with E-state index in [4.69, 9.17) is 24.5 Å². The number of halogens is 6. The zero-order chi connectivity index (χ0) is 29.3. The third-order valence-corrected chi connectivity index (χ3v) is 6.35. The molecule has 2 aromatic heterocycles. The van der Waals surface area contributed by atoms with Crippen molar-refractivity contribution < 1.29 is 55.7 Å². The molecule has 0 unspecified atom stereocenters. The Morgan fingerprint density at radius 1 is 1.00 bits per heavy atom. The first-order valence-corrected chi connectivity index (χ1v) is 12.2. The third kappa shape index (κ3) is 10.4. The van der Waals surface area contributed by atoms with E-state index in [1.54, 1.807) is 11.3 Å². The summed E-state index contributed by atoms with van der Waals surface area (Å²) in [6, 6.07) is 6.02. The summed E-state index contributed by atoms with van der Waals surface area (Å²) in [6.07, 6.45) is -4.60. The predicted octanol–water partition coefficient (Wildman–Crippen LogP) is 3.92. The maximum atomic E-state index is 12.5. The number of likely N-dealkylation sites (tertiary alicyclic amines) is 1. The zero-order valence-electron chi connectivity index (χ0n) is 20.2. The van der Waals surface area contributed by atoms with Gasteiger partial charge in [-0.2, -0.15) is 37.7 Å². The molecule has 2 saturated heterocycles. The van der Waals surface area contributed by atoms with E-state index in [0.29, 0.717) is 0 Å². The fourth-order valence-electron chi connectivity index (χ4n) is 3.80. The van der Waals surface area contributed by atoms with Crippen molar-refractivity contribution in [3.63, 3.8) is 0 Å². The van der Waals surface area contributed by atoms with Gasteiger partial charge in [-0.05, 0) is 35.9 Å². The maximum absolute atomic E-state index is 12.5. The highest BCUT2D eigenvalue weighted by Gasteiger charge is 2.41. The SMILES string of the molecule is O=C(O)C(F)(F)F.O=C(O)C(F)(F)F.O=C(c1ccsc1)N1CCC2(CC1)CN(Cc1cccnc1)CCO2. The van der Waals surface area contributed by atoms with Crippen LogP contribution in [0.5, 0.6) is 0 Å². The van der Waals surface area contributed by atoms with Crippen molar-refractivity contribution in [2.45, 2.75) is 37.3 Å². The number of carboxylic acids is 2. The second-order valence-electron chi connectivity index (χ2n) is 8.51. The lowest BCUT2D eigenvalue weighted by atomic mass is 9.89. The van der Waals surface area contributed by atoms with Crippen LogP contribution in [0.2, 0.25) is 0 Å². The van der Waals surface area contributed by atoms with Crippen LogP contribution in [0.1, 0.15) is 28.8 Å². The molecule has 2 aliphatic rings. The molecular formula is C23H25F6N3O6S. The van der Waals surface area contributed by atoms with Crippen LogP contribution in [0.3, 0.4) is 0 Å². The van der Waals surface area contributed by atoms with Crippen LogP contribution >= 0.6 is 11.3 Å². The Bertz CT molecular complexity index is 1050. The van der Waals surface area contributed by atoms with E-state index in [2.05, 4.69) is 16.0 Å². The van der Waals surface area contributed by atoms with Crippen molar-refractivity contribution in [3.05, 3.63) is 52.5 Å². The van der Waals surface area contributed by atoms with Gasteiger partial charge in [-0.1, -0.05) is 6.07 Å². The summed E-state index contributed by atoms with van der Waals surface area (Å²) in [5.41, 5.74) is 1.94. The molecular weight excluding hydrogens is 560 g/mol. The molecule has 2 aliphatic heterocycles. The minimum absolute atomic E-state index is 0.105. The van der Waals surface area contributed by atoms with Gasteiger partial charge in [0.2, 0.25) is 0 Å². The van der Waals surface area contributed by atoms with Gasteiger partial charge < -0.3 is 19.8 Å². The second kappa shape index (κ2) is 13.7. The van der Waals surface area contributed by atoms with Crippen molar-refractivity contribution in [1.29, 1.82) is 0 Å². The number of thiophene rings is 1. The fourth-order valence-corrected chi connectivity index (χ4v) is 4.43. The molecule has 4 heterocycles. The number of aliphatic carboxylic acids is 2. The average molecular weight is 586 g/mol. The van der Waals surface area contributed by atoms with Crippen molar-refractivity contribution in [3.8, 4) is 0 Å². The molecule has 0 bridgehead atoms. The number of rotatable bonds is 3. The summed E-state index contributed by atoms with van der Waals surface area (Å²) >= 11 is 1.57. The summed E-state index contributed by atoms with van der Waals surface area (Å²) in [6.45, 7) is 5.11. The van der Waals surface area contributed by atoms with E-state index in [1.807, 2.05) is 40.2 Å². The van der Waals surface area contributed by atoms with Gasteiger partial charge in [-0.25, -0.2) is 9.59 Å². The summed E-state index contributed by atoms with van der Waals surface area (Å²) in [5, 5.41) is 18.1. The van der Waals surface area contributed by atoms with Crippen LogP contribution < -0.4 is 0 Å².